The summed E-state index contributed by atoms with van der Waals surface area (Å²) in [6.07, 6.45) is 1.50. The number of carbonyl (C=O) groups is 3. The number of fused-ring (bicyclic) bond motifs is 2. The van der Waals surface area contributed by atoms with Gasteiger partial charge in [-0.1, -0.05) is 57.5 Å². The number of likely N-dealkylation sites (tertiary alicyclic amines) is 1. The number of hydrogen-bond donors (Lipinski definition) is 2. The van der Waals surface area contributed by atoms with Crippen LogP contribution in [0.15, 0.2) is 42.5 Å². The molecule has 5 rings (SSSR count). The van der Waals surface area contributed by atoms with Crippen LogP contribution in [0.25, 0.3) is 10.8 Å². The summed E-state index contributed by atoms with van der Waals surface area (Å²) in [7, 11) is 0. The van der Waals surface area contributed by atoms with Gasteiger partial charge in [-0.2, -0.15) is 0 Å². The Kier molecular flexibility index (Phi) is 7.00. The first kappa shape index (κ1) is 26.0. The van der Waals surface area contributed by atoms with Crippen molar-refractivity contribution in [2.45, 2.75) is 62.6 Å². The van der Waals surface area contributed by atoms with Gasteiger partial charge in [0.2, 0.25) is 11.8 Å². The average molecular weight is 525 g/mol. The second kappa shape index (κ2) is 9.95. The van der Waals surface area contributed by atoms with Crippen molar-refractivity contribution in [3.8, 4) is 0 Å². The second-order valence-corrected chi connectivity index (χ2v) is 12.3. The molecule has 8 atom stereocenters. The van der Waals surface area contributed by atoms with Gasteiger partial charge in [0.1, 0.15) is 6.04 Å². The first-order valence-electron chi connectivity index (χ1n) is 13.4. The number of thioether (sulfide) groups is 1. The van der Waals surface area contributed by atoms with Gasteiger partial charge in [0.05, 0.1) is 35.8 Å². The summed E-state index contributed by atoms with van der Waals surface area (Å²) in [5, 5.41) is 15.6. The van der Waals surface area contributed by atoms with Crippen molar-refractivity contribution in [1.82, 2.24) is 4.90 Å². The quantitative estimate of drug-likeness (QED) is 0.505. The number of benzene rings is 2. The van der Waals surface area contributed by atoms with Crippen molar-refractivity contribution in [3.63, 3.8) is 0 Å². The normalized spacial score (nSPS) is 31.9. The molecule has 0 aromatic heterocycles. The third-order valence-electron chi connectivity index (χ3n) is 8.85. The molecule has 3 fully saturated rings. The molecule has 0 radical (unpaired) electrons. The largest absolute Gasteiger partial charge is 0.466 e. The van der Waals surface area contributed by atoms with Crippen LogP contribution in [0.3, 0.4) is 0 Å². The van der Waals surface area contributed by atoms with Gasteiger partial charge >= 0.3 is 5.97 Å². The molecule has 3 saturated heterocycles. The summed E-state index contributed by atoms with van der Waals surface area (Å²) in [5.41, 5.74) is 0.659. The van der Waals surface area contributed by atoms with Crippen LogP contribution >= 0.6 is 11.8 Å². The fraction of sp³-hybridized carbons (Fsp3) is 0.552. The van der Waals surface area contributed by atoms with Crippen molar-refractivity contribution in [2.24, 2.45) is 23.7 Å². The molecular weight excluding hydrogens is 488 g/mol. The zero-order valence-electron chi connectivity index (χ0n) is 21.8. The molecule has 8 heteroatoms. The Balaban J connectivity index is 1.57. The number of anilines is 1. The van der Waals surface area contributed by atoms with E-state index >= 15 is 0 Å². The summed E-state index contributed by atoms with van der Waals surface area (Å²) < 4.78 is 4.67. The predicted octanol–water partition coefficient (Wildman–Crippen LogP) is 4.09. The number of aliphatic hydroxyl groups excluding tert-OH is 1. The highest BCUT2D eigenvalue weighted by Crippen LogP contribution is 2.69. The molecule has 2 N–H and O–H groups in total. The Hall–Kier alpha value is -2.58. The molecule has 2 aromatic rings. The monoisotopic (exact) mass is 524 g/mol. The van der Waals surface area contributed by atoms with Crippen LogP contribution in [0.4, 0.5) is 5.69 Å². The number of nitrogens with one attached hydrogen (secondary N) is 1. The van der Waals surface area contributed by atoms with Gasteiger partial charge < -0.3 is 20.1 Å². The number of amides is 2. The van der Waals surface area contributed by atoms with Crippen molar-refractivity contribution >= 4 is 46.0 Å². The molecule has 2 aromatic carbocycles. The number of ether oxygens (including phenoxy) is 1. The maximum Gasteiger partial charge on any atom is 0.310 e. The molecule has 198 valence electrons. The van der Waals surface area contributed by atoms with Gasteiger partial charge in [0.15, 0.2) is 0 Å². The molecule has 3 heterocycles. The lowest BCUT2D eigenvalue weighted by atomic mass is 9.66. The van der Waals surface area contributed by atoms with E-state index in [2.05, 4.69) is 12.2 Å². The maximum absolute atomic E-state index is 14.2. The second-order valence-electron chi connectivity index (χ2n) is 10.7. The first-order valence-corrected chi connectivity index (χ1v) is 14.2. The zero-order chi connectivity index (χ0) is 26.5. The van der Waals surface area contributed by atoms with E-state index in [4.69, 9.17) is 4.74 Å². The Labute approximate surface area is 222 Å². The highest BCUT2D eigenvalue weighted by Gasteiger charge is 2.77. The van der Waals surface area contributed by atoms with Crippen LogP contribution in [0, 0.1) is 23.7 Å². The van der Waals surface area contributed by atoms with Gasteiger partial charge in [-0.15, -0.1) is 11.8 Å². The Morgan fingerprint density at radius 1 is 1.22 bits per heavy atom. The lowest BCUT2D eigenvalue weighted by Crippen LogP contribution is -2.58. The number of esters is 1. The Morgan fingerprint density at radius 3 is 2.62 bits per heavy atom. The fourth-order valence-electron chi connectivity index (χ4n) is 6.91. The molecule has 2 amide bonds. The van der Waals surface area contributed by atoms with Crippen LogP contribution in [-0.4, -0.2) is 63.1 Å². The topological polar surface area (TPSA) is 95.9 Å². The smallest absolute Gasteiger partial charge is 0.310 e. The minimum atomic E-state index is -0.799. The molecule has 3 unspecified atom stereocenters. The summed E-state index contributed by atoms with van der Waals surface area (Å²) in [6, 6.07) is 12.4. The zero-order valence-corrected chi connectivity index (χ0v) is 22.7. The van der Waals surface area contributed by atoms with E-state index in [0.717, 1.165) is 23.6 Å². The van der Waals surface area contributed by atoms with E-state index in [1.165, 1.54) is 0 Å². The third-order valence-corrected chi connectivity index (χ3v) is 10.9. The molecule has 37 heavy (non-hydrogen) atoms. The predicted molar refractivity (Wildman–Crippen MR) is 145 cm³/mol. The van der Waals surface area contributed by atoms with Crippen LogP contribution in [0.5, 0.6) is 0 Å². The van der Waals surface area contributed by atoms with E-state index in [-0.39, 0.29) is 48.1 Å². The summed E-state index contributed by atoms with van der Waals surface area (Å²) in [6.45, 7) is 7.87. The fourth-order valence-corrected chi connectivity index (χ4v) is 9.31. The van der Waals surface area contributed by atoms with Gasteiger partial charge in [0, 0.05) is 10.9 Å². The minimum Gasteiger partial charge on any atom is -0.466 e. The molecule has 2 bridgehead atoms. The lowest BCUT2D eigenvalue weighted by Gasteiger charge is -2.41. The van der Waals surface area contributed by atoms with Gasteiger partial charge in [0.25, 0.3) is 0 Å². The number of hydrogen-bond acceptors (Lipinski definition) is 6. The molecule has 3 aliphatic rings. The average Bonchev–Trinajstić information content (AvgIpc) is 3.48. The van der Waals surface area contributed by atoms with Gasteiger partial charge in [-0.25, -0.2) is 0 Å². The van der Waals surface area contributed by atoms with Gasteiger partial charge in [-0.05, 0) is 48.1 Å². The van der Waals surface area contributed by atoms with E-state index < -0.39 is 28.7 Å². The van der Waals surface area contributed by atoms with E-state index in [1.54, 1.807) is 23.6 Å². The van der Waals surface area contributed by atoms with Crippen LogP contribution in [0.1, 0.15) is 40.5 Å². The molecule has 1 spiro atoms. The Bertz CT molecular complexity index is 1220. The summed E-state index contributed by atoms with van der Waals surface area (Å²) >= 11 is 1.62. The number of nitrogens with zero attached hydrogens (tertiary/aromatic N) is 1. The molecule has 7 nitrogen and oxygen atoms in total. The van der Waals surface area contributed by atoms with E-state index in [9.17, 15) is 19.5 Å². The highest BCUT2D eigenvalue weighted by molar-refractivity contribution is 8.02. The van der Waals surface area contributed by atoms with Crippen LogP contribution < -0.4 is 5.32 Å². The van der Waals surface area contributed by atoms with Crippen LogP contribution in [-0.2, 0) is 19.1 Å². The third kappa shape index (κ3) is 3.95. The van der Waals surface area contributed by atoms with Crippen LogP contribution in [0.2, 0.25) is 0 Å². The maximum atomic E-state index is 14.2. The number of aliphatic hydroxyl groups is 1. The minimum absolute atomic E-state index is 0.0151. The molecule has 0 aliphatic carbocycles. The van der Waals surface area contributed by atoms with Crippen molar-refractivity contribution in [1.29, 1.82) is 0 Å². The van der Waals surface area contributed by atoms with Gasteiger partial charge in [-0.3, -0.25) is 14.4 Å². The summed E-state index contributed by atoms with van der Waals surface area (Å²) in [5.74, 6) is -2.02. The van der Waals surface area contributed by atoms with Crippen molar-refractivity contribution < 1.29 is 24.2 Å². The number of rotatable bonds is 8. The van der Waals surface area contributed by atoms with E-state index in [1.807, 2.05) is 56.3 Å². The molecular formula is C29H36N2O5S. The van der Waals surface area contributed by atoms with E-state index in [0.29, 0.717) is 5.69 Å². The lowest BCUT2D eigenvalue weighted by molar-refractivity contribution is -0.154. The Morgan fingerprint density at radius 2 is 1.95 bits per heavy atom. The highest BCUT2D eigenvalue weighted by atomic mass is 32.2. The molecule has 0 saturated carbocycles. The molecule has 3 aliphatic heterocycles. The first-order chi connectivity index (χ1) is 17.8. The standard InChI is InChI=1S/C29H36N2O5S/c1-5-16(3)21(15-32)31-25(26(33)30-20-12-11-18-9-7-8-10-19(18)14-20)29-17(4)13-22(37-29)23(24(29)27(31)34)28(35)36-6-2/h7-12,14,16-17,21-25,32H,5-6,13,15H2,1-4H3,(H,30,33)/t16-,17?,21-,22-,23+,24-,25?,29?/m0/s1. The number of carbonyl (C=O) groups excluding carboxylic acids is 3. The van der Waals surface area contributed by atoms with Crippen molar-refractivity contribution in [2.75, 3.05) is 18.5 Å². The summed E-state index contributed by atoms with van der Waals surface area (Å²) in [4.78, 5) is 43.1. The SMILES string of the molecule is CCOC(=O)[C@@H]1[C@@H]2CC(C)C3(S2)C(C(=O)Nc2ccc4ccccc4c2)N([C@@H](CO)[C@@H](C)CC)C(=O)[C@H]13. The van der Waals surface area contributed by atoms with Crippen molar-refractivity contribution in [3.05, 3.63) is 42.5 Å².